The number of nitrogens with one attached hydrogen (secondary N) is 2. The molecule has 1 spiro atoms. The van der Waals surface area contributed by atoms with Crippen molar-refractivity contribution in [1.82, 2.24) is 10.2 Å². The third kappa shape index (κ3) is 5.32. The number of hydrogen-bond donors (Lipinski definition) is 2. The first kappa shape index (κ1) is 29.0. The molecular formula is C32H34Cl2IN3O3. The number of nitrogens with zero attached hydrogens (tertiary/aromatic N) is 1. The van der Waals surface area contributed by atoms with Crippen molar-refractivity contribution in [2.45, 2.75) is 63.1 Å². The van der Waals surface area contributed by atoms with Crippen molar-refractivity contribution in [3.63, 3.8) is 0 Å². The van der Waals surface area contributed by atoms with E-state index in [0.29, 0.717) is 28.9 Å². The third-order valence-corrected chi connectivity index (χ3v) is 10.4. The molecule has 1 unspecified atom stereocenters. The van der Waals surface area contributed by atoms with E-state index < -0.39 is 11.5 Å². The van der Waals surface area contributed by atoms with Gasteiger partial charge in [0.15, 0.2) is 0 Å². The number of allylic oxidation sites excluding steroid dienone is 4. The number of amides is 2. The summed E-state index contributed by atoms with van der Waals surface area (Å²) >= 11 is 15.2. The predicted molar refractivity (Wildman–Crippen MR) is 171 cm³/mol. The summed E-state index contributed by atoms with van der Waals surface area (Å²) in [7, 11) is 0. The predicted octanol–water partition coefficient (Wildman–Crippen LogP) is 6.96. The highest BCUT2D eigenvalue weighted by Crippen LogP contribution is 2.58. The first-order valence-electron chi connectivity index (χ1n) is 14.3. The number of benzene rings is 2. The van der Waals surface area contributed by atoms with Crippen molar-refractivity contribution in [2.24, 2.45) is 11.8 Å². The fourth-order valence-electron chi connectivity index (χ4n) is 7.19. The molecule has 41 heavy (non-hydrogen) atoms. The quantitative estimate of drug-likeness (QED) is 0.330. The lowest BCUT2D eigenvalue weighted by Gasteiger charge is -2.49. The molecule has 3 aliphatic heterocycles. The normalized spacial score (nSPS) is 28.4. The molecule has 216 valence electrons. The number of carbonyl (C=O) groups excluding carboxylic acids is 2. The van der Waals surface area contributed by atoms with Gasteiger partial charge in [-0.3, -0.25) is 9.59 Å². The van der Waals surface area contributed by atoms with E-state index in [4.69, 9.17) is 27.9 Å². The van der Waals surface area contributed by atoms with E-state index in [9.17, 15) is 9.59 Å². The highest BCUT2D eigenvalue weighted by molar-refractivity contribution is 14.1. The molecule has 2 N–H and O–H groups in total. The van der Waals surface area contributed by atoms with Gasteiger partial charge >= 0.3 is 0 Å². The van der Waals surface area contributed by atoms with Crippen LogP contribution in [-0.2, 0) is 15.0 Å². The minimum absolute atomic E-state index is 0.0589. The molecule has 2 fully saturated rings. The average Bonchev–Trinajstić information content (AvgIpc) is 3.22. The lowest BCUT2D eigenvalue weighted by Crippen LogP contribution is -2.59. The molecule has 9 heteroatoms. The first-order chi connectivity index (χ1) is 19.7. The summed E-state index contributed by atoms with van der Waals surface area (Å²) in [5.74, 6) is 0.0586. The molecule has 0 saturated carbocycles. The van der Waals surface area contributed by atoms with Crippen molar-refractivity contribution >= 4 is 63.3 Å². The van der Waals surface area contributed by atoms with Gasteiger partial charge in [0.2, 0.25) is 11.8 Å². The van der Waals surface area contributed by atoms with Gasteiger partial charge in [-0.1, -0.05) is 41.4 Å². The Kier molecular flexibility index (Phi) is 8.17. The molecule has 2 aromatic carbocycles. The Bertz CT molecular complexity index is 1440. The first-order valence-corrected chi connectivity index (χ1v) is 16.1. The highest BCUT2D eigenvalue weighted by Gasteiger charge is 2.62. The Morgan fingerprint density at radius 3 is 2.59 bits per heavy atom. The molecule has 6 nitrogen and oxygen atoms in total. The fourth-order valence-corrected chi connectivity index (χ4v) is 8.12. The lowest BCUT2D eigenvalue weighted by molar-refractivity contribution is -0.135. The van der Waals surface area contributed by atoms with E-state index in [1.807, 2.05) is 36.4 Å². The molecule has 4 aliphatic rings. The van der Waals surface area contributed by atoms with Gasteiger partial charge in [-0.15, -0.1) is 0 Å². The summed E-state index contributed by atoms with van der Waals surface area (Å²) in [6, 6.07) is 11.5. The summed E-state index contributed by atoms with van der Waals surface area (Å²) < 4.78 is 7.73. The number of fused-ring (bicyclic) bond motifs is 2. The topological polar surface area (TPSA) is 70.7 Å². The molecule has 2 amide bonds. The smallest absolute Gasteiger partial charge is 0.237 e. The number of likely N-dealkylation sites (tertiary alicyclic amines) is 1. The fraction of sp³-hybridized carbons (Fsp3) is 0.438. The van der Waals surface area contributed by atoms with Gasteiger partial charge in [-0.05, 0) is 110 Å². The number of anilines is 1. The summed E-state index contributed by atoms with van der Waals surface area (Å²) in [4.78, 5) is 30.4. The van der Waals surface area contributed by atoms with Crippen molar-refractivity contribution < 1.29 is 14.3 Å². The van der Waals surface area contributed by atoms with E-state index in [1.54, 1.807) is 6.07 Å². The zero-order valence-electron chi connectivity index (χ0n) is 23.1. The van der Waals surface area contributed by atoms with Gasteiger partial charge in [0.25, 0.3) is 0 Å². The van der Waals surface area contributed by atoms with Crippen LogP contribution in [-0.4, -0.2) is 41.9 Å². The summed E-state index contributed by atoms with van der Waals surface area (Å²) in [5, 5.41) is 7.66. The number of carbonyl (C=O) groups is 2. The maximum atomic E-state index is 14.4. The van der Waals surface area contributed by atoms with Gasteiger partial charge < -0.3 is 20.3 Å². The second-order valence-electron chi connectivity index (χ2n) is 11.8. The van der Waals surface area contributed by atoms with Crippen molar-refractivity contribution in [3.05, 3.63) is 79.4 Å². The van der Waals surface area contributed by atoms with Crippen LogP contribution in [0.1, 0.15) is 56.7 Å². The second kappa shape index (κ2) is 11.5. The molecular weight excluding hydrogens is 672 g/mol. The maximum Gasteiger partial charge on any atom is 0.237 e. The zero-order chi connectivity index (χ0) is 28.9. The molecule has 4 atom stereocenters. The van der Waals surface area contributed by atoms with Crippen LogP contribution in [0.2, 0.25) is 5.02 Å². The largest absolute Gasteiger partial charge is 0.490 e. The van der Waals surface area contributed by atoms with E-state index in [1.165, 1.54) is 0 Å². The molecule has 3 heterocycles. The van der Waals surface area contributed by atoms with Crippen LogP contribution in [0.4, 0.5) is 5.69 Å². The monoisotopic (exact) mass is 705 g/mol. The molecule has 1 aliphatic carbocycles. The molecule has 6 rings (SSSR count). The maximum absolute atomic E-state index is 14.4. The molecule has 2 saturated heterocycles. The van der Waals surface area contributed by atoms with Crippen molar-refractivity contribution in [3.8, 4) is 5.75 Å². The minimum atomic E-state index is -1.08. The molecule has 0 bridgehead atoms. The lowest BCUT2D eigenvalue weighted by atomic mass is 9.57. The highest BCUT2D eigenvalue weighted by atomic mass is 127. The van der Waals surface area contributed by atoms with Gasteiger partial charge in [-0.25, -0.2) is 0 Å². The van der Waals surface area contributed by atoms with Gasteiger partial charge in [0.1, 0.15) is 17.3 Å². The third-order valence-electron chi connectivity index (χ3n) is 9.17. The zero-order valence-corrected chi connectivity index (χ0v) is 26.8. The van der Waals surface area contributed by atoms with Gasteiger partial charge in [-0.2, -0.15) is 0 Å². The summed E-state index contributed by atoms with van der Waals surface area (Å²) in [6.45, 7) is 6.41. The van der Waals surface area contributed by atoms with Crippen LogP contribution in [0.25, 0.3) is 0 Å². The Morgan fingerprint density at radius 1 is 1.07 bits per heavy atom. The Morgan fingerprint density at radius 2 is 1.85 bits per heavy atom. The van der Waals surface area contributed by atoms with Gasteiger partial charge in [0.05, 0.1) is 6.04 Å². The Hall–Kier alpha value is -2.07. The van der Waals surface area contributed by atoms with E-state index in [0.717, 1.165) is 45.7 Å². The van der Waals surface area contributed by atoms with Crippen LogP contribution >= 0.6 is 45.8 Å². The summed E-state index contributed by atoms with van der Waals surface area (Å²) in [6.07, 6.45) is 8.59. The van der Waals surface area contributed by atoms with Crippen LogP contribution in [0.3, 0.4) is 0 Å². The minimum Gasteiger partial charge on any atom is -0.490 e. The molecule has 0 aromatic heterocycles. The Balaban J connectivity index is 1.47. The van der Waals surface area contributed by atoms with Crippen LogP contribution in [0.15, 0.2) is 59.7 Å². The van der Waals surface area contributed by atoms with Crippen LogP contribution in [0.5, 0.6) is 5.75 Å². The SMILES string of the molecule is CC(C)N1CCC(Oc2ccc(I)cc2[C@H]2NC(=O)C[C@@H](C3C=CC=C(Cl)C3)[C@]23C(=O)Nc2cc(Cl)ccc23)CC1. The van der Waals surface area contributed by atoms with Crippen LogP contribution in [0, 0.1) is 15.4 Å². The van der Waals surface area contributed by atoms with E-state index >= 15 is 0 Å². The number of hydrogen-bond acceptors (Lipinski definition) is 4. The number of piperidine rings is 2. The number of rotatable bonds is 5. The van der Waals surface area contributed by atoms with Crippen molar-refractivity contribution in [2.75, 3.05) is 18.4 Å². The van der Waals surface area contributed by atoms with Gasteiger partial charge in [0, 0.05) is 50.4 Å². The average molecular weight is 706 g/mol. The standard InChI is InChI=1S/C32H34Cl2IN3O3/c1-18(2)38-12-10-23(11-13-38)41-28-9-7-22(35)16-24(28)30-32(25-8-6-21(34)15-27(25)36-31(32)40)26(17-29(39)37-30)19-4-3-5-20(33)14-19/h3-9,15-16,18-19,23,26,30H,10-14,17H2,1-2H3,(H,36,40)(H,37,39)/t19?,26-,30+,32-/m0/s1. The van der Waals surface area contributed by atoms with Crippen molar-refractivity contribution in [1.29, 1.82) is 0 Å². The second-order valence-corrected chi connectivity index (χ2v) is 14.0. The van der Waals surface area contributed by atoms with E-state index in [-0.39, 0.29) is 36.2 Å². The summed E-state index contributed by atoms with van der Waals surface area (Å²) in [5.41, 5.74) is 1.27. The number of halogens is 3. The molecule has 0 radical (unpaired) electrons. The Labute approximate surface area is 265 Å². The van der Waals surface area contributed by atoms with E-state index in [2.05, 4.69) is 64.1 Å². The van der Waals surface area contributed by atoms with Crippen LogP contribution < -0.4 is 15.4 Å². The number of ether oxygens (including phenoxy) is 1. The molecule has 2 aromatic rings.